The van der Waals surface area contributed by atoms with Gasteiger partial charge in [0.15, 0.2) is 0 Å². The fraction of sp³-hybridized carbons (Fsp3) is 0.550. The predicted molar refractivity (Wildman–Crippen MR) is 201 cm³/mol. The number of pyridine rings is 1. The van der Waals surface area contributed by atoms with Gasteiger partial charge in [-0.15, -0.1) is 23.1 Å². The maximum absolute atomic E-state index is 15.0. The van der Waals surface area contributed by atoms with Crippen molar-refractivity contribution in [2.24, 2.45) is 5.41 Å². The van der Waals surface area contributed by atoms with Gasteiger partial charge in [-0.2, -0.15) is 26.3 Å². The van der Waals surface area contributed by atoms with Crippen LogP contribution in [0.15, 0.2) is 58.9 Å². The van der Waals surface area contributed by atoms with Crippen LogP contribution in [0.5, 0.6) is 5.75 Å². The molecule has 1 aromatic carbocycles. The number of thiophene rings is 1. The highest BCUT2D eigenvalue weighted by molar-refractivity contribution is 7.99. The Balaban J connectivity index is 1.26. The summed E-state index contributed by atoms with van der Waals surface area (Å²) in [4.78, 5) is 47.1. The van der Waals surface area contributed by atoms with Gasteiger partial charge in [-0.05, 0) is 80.9 Å². The molecule has 9 nitrogen and oxygen atoms in total. The van der Waals surface area contributed by atoms with Gasteiger partial charge in [0.1, 0.15) is 16.3 Å². The number of ether oxygens (including phenoxy) is 1. The van der Waals surface area contributed by atoms with Crippen LogP contribution in [0.1, 0.15) is 104 Å². The quantitative estimate of drug-likeness (QED) is 0.0995. The molecule has 4 heterocycles. The minimum atomic E-state index is -4.91. The highest BCUT2D eigenvalue weighted by Crippen LogP contribution is 2.47. The Morgan fingerprint density at radius 1 is 0.965 bits per heavy atom. The molecule has 1 saturated carbocycles. The number of carboxylic acids is 1. The molecule has 2 aromatic heterocycles. The Bertz CT molecular complexity index is 1930. The van der Waals surface area contributed by atoms with E-state index in [0.717, 1.165) is 46.0 Å². The van der Waals surface area contributed by atoms with Gasteiger partial charge < -0.3 is 24.7 Å². The number of alkyl halides is 6. The van der Waals surface area contributed by atoms with Gasteiger partial charge in [-0.1, -0.05) is 38.0 Å². The first kappa shape index (κ1) is 42.8. The number of aromatic nitrogens is 1. The molecule has 0 bridgehead atoms. The van der Waals surface area contributed by atoms with Crippen molar-refractivity contribution in [3.05, 3.63) is 75.7 Å². The van der Waals surface area contributed by atoms with Crippen molar-refractivity contribution in [1.29, 1.82) is 0 Å². The highest BCUT2D eigenvalue weighted by Gasteiger charge is 2.57. The molecule has 57 heavy (non-hydrogen) atoms. The first-order chi connectivity index (χ1) is 26.9. The zero-order valence-corrected chi connectivity index (χ0v) is 33.0. The standard InChI is InChI=1S/C40H45F6N3O6S2/c1-2-9-30-38(55-26-24-31(57-25-26)40(44,45)46,16-7-20-49(30)33(50)32-28(39(41,42)43)11-5-19-47-32)34(51)48-21-17-37(54,18-22-48)27-10-3-4-12-29(27)56-23-8-15-36(35(52)53)13-6-14-36/h3-5,10-12,19,24-25,30,54H,2,6-9,13-18,20-23H2,1H3,(H,52,53). The molecular formula is C40H45F6N3O6S2. The van der Waals surface area contributed by atoms with E-state index in [1.165, 1.54) is 16.7 Å². The molecule has 0 spiro atoms. The third-order valence-electron chi connectivity index (χ3n) is 11.6. The summed E-state index contributed by atoms with van der Waals surface area (Å²) in [6.45, 7) is 1.75. The number of amides is 2. The number of thioether (sulfide) groups is 1. The van der Waals surface area contributed by atoms with Gasteiger partial charge in [-0.25, -0.2) is 0 Å². The minimum Gasteiger partial charge on any atom is -0.481 e. The fourth-order valence-corrected chi connectivity index (χ4v) is 10.2. The average Bonchev–Trinajstić information content (AvgIpc) is 3.63. The number of benzene rings is 1. The third-order valence-corrected chi connectivity index (χ3v) is 13.7. The Labute approximate surface area is 334 Å². The van der Waals surface area contributed by atoms with E-state index in [2.05, 4.69) is 4.98 Å². The van der Waals surface area contributed by atoms with E-state index in [4.69, 9.17) is 4.74 Å². The van der Waals surface area contributed by atoms with E-state index in [1.807, 2.05) is 18.2 Å². The molecule has 2 aliphatic heterocycles. The van der Waals surface area contributed by atoms with Crippen molar-refractivity contribution < 1.29 is 55.7 Å². The number of carboxylic acid groups (broad SMARTS) is 1. The van der Waals surface area contributed by atoms with Gasteiger partial charge in [0, 0.05) is 48.6 Å². The average molecular weight is 842 g/mol. The molecule has 2 amide bonds. The van der Waals surface area contributed by atoms with E-state index < -0.39 is 68.9 Å². The second kappa shape index (κ2) is 16.8. The molecule has 2 atom stereocenters. The van der Waals surface area contributed by atoms with Crippen molar-refractivity contribution in [3.63, 3.8) is 0 Å². The van der Waals surface area contributed by atoms with Crippen molar-refractivity contribution >= 4 is 40.9 Å². The van der Waals surface area contributed by atoms with Gasteiger partial charge in [0.05, 0.1) is 22.6 Å². The number of rotatable bonds is 13. The van der Waals surface area contributed by atoms with Gasteiger partial charge in [-0.3, -0.25) is 19.4 Å². The Morgan fingerprint density at radius 2 is 1.68 bits per heavy atom. The molecule has 17 heteroatoms. The van der Waals surface area contributed by atoms with Crippen LogP contribution in [0.25, 0.3) is 0 Å². The van der Waals surface area contributed by atoms with Gasteiger partial charge >= 0.3 is 18.3 Å². The summed E-state index contributed by atoms with van der Waals surface area (Å²) in [5.74, 6) is -2.08. The number of carbonyl (C=O) groups is 3. The number of likely N-dealkylation sites (tertiary alicyclic amines) is 2. The zero-order chi connectivity index (χ0) is 41.2. The summed E-state index contributed by atoms with van der Waals surface area (Å²) in [5.41, 5.74) is -5.43. The van der Waals surface area contributed by atoms with Crippen LogP contribution in [0.2, 0.25) is 0 Å². The molecule has 1 aliphatic carbocycles. The van der Waals surface area contributed by atoms with Crippen LogP contribution in [-0.2, 0) is 27.5 Å². The van der Waals surface area contributed by atoms with Crippen LogP contribution < -0.4 is 4.74 Å². The Morgan fingerprint density at radius 3 is 2.30 bits per heavy atom. The molecule has 3 fully saturated rings. The van der Waals surface area contributed by atoms with Gasteiger partial charge in [0.2, 0.25) is 5.60 Å². The number of nitrogens with zero attached hydrogens (tertiary/aromatic N) is 3. The van der Waals surface area contributed by atoms with E-state index in [9.17, 15) is 50.9 Å². The number of aliphatic carboxylic acids is 1. The molecule has 6 rings (SSSR count). The topological polar surface area (TPSA) is 120 Å². The van der Waals surface area contributed by atoms with Crippen molar-refractivity contribution in [2.45, 2.75) is 112 Å². The third kappa shape index (κ3) is 8.80. The van der Waals surface area contributed by atoms with E-state index >= 15 is 0 Å². The largest absolute Gasteiger partial charge is 0.481 e. The fourth-order valence-electron chi connectivity index (χ4n) is 8.44. The number of piperidine rings is 2. The van der Waals surface area contributed by atoms with Crippen LogP contribution in [0, 0.1) is 5.41 Å². The molecule has 2 saturated heterocycles. The second-order valence-electron chi connectivity index (χ2n) is 15.2. The number of aliphatic hydroxyl groups is 1. The number of hydrogen-bond acceptors (Lipinski definition) is 8. The summed E-state index contributed by atoms with van der Waals surface area (Å²) >= 11 is 1.90. The van der Waals surface area contributed by atoms with Crippen LogP contribution in [0.4, 0.5) is 26.3 Å². The van der Waals surface area contributed by atoms with Crippen LogP contribution in [-0.4, -0.2) is 79.8 Å². The summed E-state index contributed by atoms with van der Waals surface area (Å²) in [6, 6.07) is 8.77. The maximum atomic E-state index is 15.0. The van der Waals surface area contributed by atoms with Gasteiger partial charge in [0.25, 0.3) is 11.8 Å². The first-order valence-electron chi connectivity index (χ1n) is 19.1. The molecule has 310 valence electrons. The minimum absolute atomic E-state index is 0.0171. The molecular weight excluding hydrogens is 797 g/mol. The predicted octanol–water partition coefficient (Wildman–Crippen LogP) is 9.04. The van der Waals surface area contributed by atoms with Crippen LogP contribution >= 0.6 is 23.1 Å². The number of hydrogen-bond donors (Lipinski definition) is 2. The summed E-state index contributed by atoms with van der Waals surface area (Å²) in [7, 11) is 0. The molecule has 3 aromatic rings. The smallest absolute Gasteiger partial charge is 0.425 e. The number of halogens is 6. The molecule has 0 radical (unpaired) electrons. The summed E-state index contributed by atoms with van der Waals surface area (Å²) in [6.07, 6.45) is -4.37. The summed E-state index contributed by atoms with van der Waals surface area (Å²) in [5, 5.41) is 22.9. The second-order valence-corrected chi connectivity index (χ2v) is 17.2. The normalized spacial score (nSPS) is 22.1. The monoisotopic (exact) mass is 841 g/mol. The SMILES string of the molecule is CCCC1N(C(=O)c2ncccc2C(F)(F)F)CCCC1(Oc1csc(C(F)(F)F)c1)C(=O)N1CCC(O)(c2ccccc2SCCCC2(C(=O)O)CCC2)CC1. The van der Waals surface area contributed by atoms with Crippen molar-refractivity contribution in [1.82, 2.24) is 14.8 Å². The molecule has 2 N–H and O–H groups in total. The highest BCUT2D eigenvalue weighted by atomic mass is 32.2. The van der Waals surface area contributed by atoms with E-state index in [-0.39, 0.29) is 57.5 Å². The molecule has 2 unspecified atom stereocenters. The van der Waals surface area contributed by atoms with Crippen LogP contribution in [0.3, 0.4) is 0 Å². The Kier molecular flexibility index (Phi) is 12.6. The lowest BCUT2D eigenvalue weighted by Gasteiger charge is -2.51. The summed E-state index contributed by atoms with van der Waals surface area (Å²) < 4.78 is 89.7. The zero-order valence-electron chi connectivity index (χ0n) is 31.3. The van der Waals surface area contributed by atoms with Crippen molar-refractivity contribution in [2.75, 3.05) is 25.4 Å². The van der Waals surface area contributed by atoms with E-state index in [0.29, 0.717) is 54.8 Å². The maximum Gasteiger partial charge on any atom is 0.425 e. The lowest BCUT2D eigenvalue weighted by molar-refractivity contribution is -0.163. The van der Waals surface area contributed by atoms with Crippen molar-refractivity contribution in [3.8, 4) is 5.75 Å². The Hall–Kier alpha value is -3.83. The lowest BCUT2D eigenvalue weighted by Crippen LogP contribution is -2.68. The van der Waals surface area contributed by atoms with E-state index in [1.54, 1.807) is 13.0 Å². The lowest BCUT2D eigenvalue weighted by atomic mass is 9.66. The first-order valence-corrected chi connectivity index (χ1v) is 21.0. The molecule has 3 aliphatic rings. The number of carbonyl (C=O) groups excluding carboxylic acids is 2.